The van der Waals surface area contributed by atoms with E-state index >= 15 is 0 Å². The molecule has 2 rings (SSSR count). The lowest BCUT2D eigenvalue weighted by atomic mass is 10.1. The van der Waals surface area contributed by atoms with E-state index in [1.807, 2.05) is 7.05 Å². The minimum atomic E-state index is 0.690. The molecule has 2 heterocycles. The quantitative estimate of drug-likeness (QED) is 0.737. The van der Waals surface area contributed by atoms with Crippen LogP contribution in [0.1, 0.15) is 31.5 Å². The number of rotatable bonds is 7. The van der Waals surface area contributed by atoms with Crippen LogP contribution in [0.3, 0.4) is 0 Å². The zero-order valence-electron chi connectivity index (χ0n) is 11.5. The van der Waals surface area contributed by atoms with Gasteiger partial charge in [-0.2, -0.15) is 4.98 Å². The van der Waals surface area contributed by atoms with Gasteiger partial charge in [0.25, 0.3) is 0 Å². The van der Waals surface area contributed by atoms with Crippen molar-refractivity contribution in [2.24, 2.45) is 5.92 Å². The molecule has 1 aliphatic rings. The molecule has 0 aliphatic carbocycles. The van der Waals surface area contributed by atoms with Crippen LogP contribution in [0.2, 0.25) is 0 Å². The lowest BCUT2D eigenvalue weighted by Crippen LogP contribution is -2.20. The number of hydrogen-bond donors (Lipinski definition) is 1. The van der Waals surface area contributed by atoms with Crippen LogP contribution in [0.4, 0.5) is 0 Å². The highest BCUT2D eigenvalue weighted by atomic mass is 16.5. The predicted octanol–water partition coefficient (Wildman–Crippen LogP) is 1.11. The Kier molecular flexibility index (Phi) is 5.13. The zero-order valence-corrected chi connectivity index (χ0v) is 11.5. The van der Waals surface area contributed by atoms with E-state index in [4.69, 9.17) is 4.52 Å². The summed E-state index contributed by atoms with van der Waals surface area (Å²) in [6, 6.07) is 0. The molecule has 1 aromatic rings. The van der Waals surface area contributed by atoms with Gasteiger partial charge in [0.1, 0.15) is 0 Å². The van der Waals surface area contributed by atoms with E-state index in [1.165, 1.54) is 19.5 Å². The fraction of sp³-hybridized carbons (Fsp3) is 0.846. The van der Waals surface area contributed by atoms with Crippen LogP contribution in [-0.2, 0) is 12.8 Å². The molecule has 1 saturated heterocycles. The van der Waals surface area contributed by atoms with E-state index in [-0.39, 0.29) is 0 Å². The van der Waals surface area contributed by atoms with Crippen LogP contribution in [0, 0.1) is 5.92 Å². The van der Waals surface area contributed by atoms with Crippen molar-refractivity contribution in [1.82, 2.24) is 20.4 Å². The Morgan fingerprint density at radius 3 is 3.11 bits per heavy atom. The van der Waals surface area contributed by atoms with Crippen molar-refractivity contribution in [2.75, 3.05) is 33.2 Å². The summed E-state index contributed by atoms with van der Waals surface area (Å²) in [4.78, 5) is 6.95. The molecule has 1 aromatic heterocycles. The highest BCUT2D eigenvalue weighted by Crippen LogP contribution is 2.19. The molecule has 1 aliphatic heterocycles. The molecule has 5 nitrogen and oxygen atoms in total. The van der Waals surface area contributed by atoms with Crippen LogP contribution >= 0.6 is 0 Å². The summed E-state index contributed by atoms with van der Waals surface area (Å²) in [5.41, 5.74) is 0. The maximum absolute atomic E-state index is 5.33. The third-order valence-corrected chi connectivity index (χ3v) is 3.62. The third kappa shape index (κ3) is 3.78. The lowest BCUT2D eigenvalue weighted by molar-refractivity contribution is 0.322. The fourth-order valence-corrected chi connectivity index (χ4v) is 2.51. The first-order valence-corrected chi connectivity index (χ1v) is 7.00. The van der Waals surface area contributed by atoms with Gasteiger partial charge in [-0.25, -0.2) is 0 Å². The molecule has 1 unspecified atom stereocenters. The number of nitrogens with one attached hydrogen (secondary N) is 1. The van der Waals surface area contributed by atoms with Crippen molar-refractivity contribution < 1.29 is 4.52 Å². The van der Waals surface area contributed by atoms with E-state index in [0.717, 1.165) is 44.1 Å². The Bertz CT molecular complexity index is 353. The molecule has 0 amide bonds. The molecule has 102 valence electrons. The standard InChI is InChI=1S/C13H24N4O/c1-3-17-8-6-11(10-17)9-13-15-12(16-18-13)5-4-7-14-2/h11,14H,3-10H2,1-2H3. The maximum Gasteiger partial charge on any atom is 0.226 e. The highest BCUT2D eigenvalue weighted by molar-refractivity contribution is 4.90. The van der Waals surface area contributed by atoms with Gasteiger partial charge in [-0.1, -0.05) is 12.1 Å². The largest absolute Gasteiger partial charge is 0.339 e. The summed E-state index contributed by atoms with van der Waals surface area (Å²) < 4.78 is 5.33. The molecule has 0 saturated carbocycles. The highest BCUT2D eigenvalue weighted by Gasteiger charge is 2.23. The van der Waals surface area contributed by atoms with Gasteiger partial charge in [-0.15, -0.1) is 0 Å². The minimum Gasteiger partial charge on any atom is -0.339 e. The molecule has 0 aromatic carbocycles. The van der Waals surface area contributed by atoms with Crippen LogP contribution in [-0.4, -0.2) is 48.3 Å². The van der Waals surface area contributed by atoms with Crippen molar-refractivity contribution in [3.8, 4) is 0 Å². The van der Waals surface area contributed by atoms with Crippen LogP contribution < -0.4 is 5.32 Å². The Labute approximate surface area is 109 Å². The first-order chi connectivity index (χ1) is 8.81. The van der Waals surface area contributed by atoms with Gasteiger partial charge in [0.15, 0.2) is 5.82 Å². The Hall–Kier alpha value is -0.940. The average molecular weight is 252 g/mol. The second kappa shape index (κ2) is 6.85. The second-order valence-corrected chi connectivity index (χ2v) is 5.06. The number of nitrogens with zero attached hydrogens (tertiary/aromatic N) is 3. The minimum absolute atomic E-state index is 0.690. The Morgan fingerprint density at radius 2 is 2.39 bits per heavy atom. The summed E-state index contributed by atoms with van der Waals surface area (Å²) >= 11 is 0. The molecule has 1 atom stereocenters. The molecule has 0 spiro atoms. The predicted molar refractivity (Wildman–Crippen MR) is 70.5 cm³/mol. The molecular weight excluding hydrogens is 228 g/mol. The zero-order chi connectivity index (χ0) is 12.8. The van der Waals surface area contributed by atoms with Crippen LogP contribution in [0.25, 0.3) is 0 Å². The number of aromatic nitrogens is 2. The van der Waals surface area contributed by atoms with Gasteiger partial charge >= 0.3 is 0 Å². The summed E-state index contributed by atoms with van der Waals surface area (Å²) in [5.74, 6) is 2.36. The van der Waals surface area contributed by atoms with Gasteiger partial charge in [0, 0.05) is 19.4 Å². The van der Waals surface area contributed by atoms with Crippen LogP contribution in [0.5, 0.6) is 0 Å². The SMILES string of the molecule is CCN1CCC(Cc2nc(CCCNC)no2)C1. The fourth-order valence-electron chi connectivity index (χ4n) is 2.51. The molecule has 0 radical (unpaired) electrons. The molecule has 5 heteroatoms. The topological polar surface area (TPSA) is 54.2 Å². The van der Waals surface area contributed by atoms with Crippen molar-refractivity contribution in [3.63, 3.8) is 0 Å². The smallest absolute Gasteiger partial charge is 0.226 e. The molecule has 18 heavy (non-hydrogen) atoms. The number of likely N-dealkylation sites (tertiary alicyclic amines) is 1. The number of hydrogen-bond acceptors (Lipinski definition) is 5. The summed E-state index contributed by atoms with van der Waals surface area (Å²) in [7, 11) is 1.96. The number of aryl methyl sites for hydroxylation is 1. The van der Waals surface area contributed by atoms with Crippen molar-refractivity contribution in [1.29, 1.82) is 0 Å². The van der Waals surface area contributed by atoms with E-state index in [0.29, 0.717) is 5.92 Å². The van der Waals surface area contributed by atoms with Gasteiger partial charge in [0.05, 0.1) is 0 Å². The van der Waals surface area contributed by atoms with Gasteiger partial charge in [0.2, 0.25) is 5.89 Å². The normalized spacial score (nSPS) is 20.7. The van der Waals surface area contributed by atoms with E-state index in [9.17, 15) is 0 Å². The maximum atomic E-state index is 5.33. The molecule has 1 N–H and O–H groups in total. The van der Waals surface area contributed by atoms with Crippen molar-refractivity contribution in [3.05, 3.63) is 11.7 Å². The summed E-state index contributed by atoms with van der Waals surface area (Å²) in [6.07, 6.45) is 4.15. The Balaban J connectivity index is 1.76. The second-order valence-electron chi connectivity index (χ2n) is 5.06. The molecule has 0 bridgehead atoms. The summed E-state index contributed by atoms with van der Waals surface area (Å²) in [6.45, 7) is 6.75. The summed E-state index contributed by atoms with van der Waals surface area (Å²) in [5, 5.41) is 7.16. The third-order valence-electron chi connectivity index (χ3n) is 3.62. The first-order valence-electron chi connectivity index (χ1n) is 7.00. The Morgan fingerprint density at radius 1 is 1.50 bits per heavy atom. The van der Waals surface area contributed by atoms with Crippen molar-refractivity contribution in [2.45, 2.75) is 32.6 Å². The van der Waals surface area contributed by atoms with Gasteiger partial charge in [-0.05, 0) is 45.4 Å². The van der Waals surface area contributed by atoms with E-state index in [2.05, 4.69) is 27.3 Å². The van der Waals surface area contributed by atoms with Crippen LogP contribution in [0.15, 0.2) is 4.52 Å². The first kappa shape index (κ1) is 13.5. The van der Waals surface area contributed by atoms with E-state index < -0.39 is 0 Å². The monoisotopic (exact) mass is 252 g/mol. The molecular formula is C13H24N4O. The molecule has 1 fully saturated rings. The lowest BCUT2D eigenvalue weighted by Gasteiger charge is -2.11. The van der Waals surface area contributed by atoms with E-state index in [1.54, 1.807) is 0 Å². The van der Waals surface area contributed by atoms with Gasteiger partial charge < -0.3 is 14.7 Å². The van der Waals surface area contributed by atoms with Crippen molar-refractivity contribution >= 4 is 0 Å². The van der Waals surface area contributed by atoms with Gasteiger partial charge in [-0.3, -0.25) is 0 Å². The average Bonchev–Trinajstić information content (AvgIpc) is 3.00.